The molecule has 2 amide bonds. The van der Waals surface area contributed by atoms with E-state index in [9.17, 15) is 19.8 Å². The van der Waals surface area contributed by atoms with Crippen LogP contribution in [0.25, 0.3) is 10.9 Å². The fourth-order valence-corrected chi connectivity index (χ4v) is 3.38. The molecule has 3 aromatic rings. The Kier molecular flexibility index (Phi) is 3.69. The number of aromatic nitrogens is 1. The number of rotatable bonds is 2. The van der Waals surface area contributed by atoms with E-state index < -0.39 is 11.8 Å². The van der Waals surface area contributed by atoms with Crippen molar-refractivity contribution in [1.82, 2.24) is 9.88 Å². The number of aryl methyl sites for hydroxylation is 1. The number of halogens is 1. The lowest BCUT2D eigenvalue weighted by atomic mass is 10.0. The minimum absolute atomic E-state index is 0.0430. The van der Waals surface area contributed by atoms with Crippen molar-refractivity contribution in [1.29, 1.82) is 0 Å². The van der Waals surface area contributed by atoms with Crippen molar-refractivity contribution in [3.63, 3.8) is 0 Å². The number of fused-ring (bicyclic) bond motifs is 2. The van der Waals surface area contributed by atoms with E-state index in [0.29, 0.717) is 5.69 Å². The third-order valence-electron chi connectivity index (χ3n) is 4.41. The number of hydrogen-bond acceptors (Lipinski definition) is 5. The number of carbonyl (C=O) groups excluding carboxylic acids is 2. The summed E-state index contributed by atoms with van der Waals surface area (Å²) in [7, 11) is 0. The number of carbonyl (C=O) groups is 2. The standard InChI is InChI=1S/C19H13BrN2O4/c1-9-2-7-12-15(21-9)17(24)14-13(16(12)23)18(25)22(19(14)26)8-10-3-5-11(20)6-4-10/h2-7,23-24H,8H2,1H3. The summed E-state index contributed by atoms with van der Waals surface area (Å²) in [5.41, 5.74) is 1.10. The quantitative estimate of drug-likeness (QED) is 0.496. The summed E-state index contributed by atoms with van der Waals surface area (Å²) in [5.74, 6) is -2.00. The number of phenolic OH excluding ortho intramolecular Hbond substituents is 2. The summed E-state index contributed by atoms with van der Waals surface area (Å²) < 4.78 is 0.881. The van der Waals surface area contributed by atoms with E-state index in [1.54, 1.807) is 31.2 Å². The van der Waals surface area contributed by atoms with Crippen LogP contribution in [0.3, 0.4) is 0 Å². The van der Waals surface area contributed by atoms with Crippen molar-refractivity contribution in [2.45, 2.75) is 13.5 Å². The molecule has 0 saturated heterocycles. The topological polar surface area (TPSA) is 90.7 Å². The molecule has 130 valence electrons. The monoisotopic (exact) mass is 412 g/mol. The van der Waals surface area contributed by atoms with Crippen LogP contribution in [0.1, 0.15) is 32.0 Å². The van der Waals surface area contributed by atoms with E-state index in [1.165, 1.54) is 0 Å². The number of amides is 2. The van der Waals surface area contributed by atoms with Gasteiger partial charge < -0.3 is 10.2 Å². The molecule has 0 atom stereocenters. The molecule has 2 N–H and O–H groups in total. The van der Waals surface area contributed by atoms with E-state index in [0.717, 1.165) is 14.9 Å². The first-order valence-corrected chi connectivity index (χ1v) is 8.63. The molecule has 0 bridgehead atoms. The molecule has 6 nitrogen and oxygen atoms in total. The fourth-order valence-electron chi connectivity index (χ4n) is 3.11. The molecule has 1 aromatic heterocycles. The third kappa shape index (κ3) is 2.35. The Morgan fingerprint density at radius 2 is 1.58 bits per heavy atom. The van der Waals surface area contributed by atoms with Crippen LogP contribution >= 0.6 is 15.9 Å². The second-order valence-electron chi connectivity index (χ2n) is 6.12. The van der Waals surface area contributed by atoms with Gasteiger partial charge in [0.1, 0.15) is 16.8 Å². The first kappa shape index (κ1) is 16.5. The van der Waals surface area contributed by atoms with Gasteiger partial charge in [-0.2, -0.15) is 0 Å². The minimum Gasteiger partial charge on any atom is -0.506 e. The predicted molar refractivity (Wildman–Crippen MR) is 98.2 cm³/mol. The normalized spacial score (nSPS) is 13.5. The Labute approximate surface area is 156 Å². The highest BCUT2D eigenvalue weighted by Crippen LogP contribution is 2.43. The highest BCUT2D eigenvalue weighted by atomic mass is 79.9. The summed E-state index contributed by atoms with van der Waals surface area (Å²) >= 11 is 3.33. The summed E-state index contributed by atoms with van der Waals surface area (Å²) in [5, 5.41) is 21.3. The highest BCUT2D eigenvalue weighted by Gasteiger charge is 2.41. The molecule has 2 heterocycles. The van der Waals surface area contributed by atoms with Crippen molar-refractivity contribution in [2.24, 2.45) is 0 Å². The molecule has 0 spiro atoms. The molecule has 0 saturated carbocycles. The maximum absolute atomic E-state index is 12.8. The first-order valence-electron chi connectivity index (χ1n) is 7.84. The third-order valence-corrected chi connectivity index (χ3v) is 4.94. The molecule has 26 heavy (non-hydrogen) atoms. The summed E-state index contributed by atoms with van der Waals surface area (Å²) in [6.45, 7) is 1.78. The van der Waals surface area contributed by atoms with Gasteiger partial charge in [-0.25, -0.2) is 4.98 Å². The number of benzene rings is 2. The molecule has 0 unspecified atom stereocenters. The predicted octanol–water partition coefficient (Wildman–Crippen LogP) is 3.51. The maximum atomic E-state index is 12.8. The van der Waals surface area contributed by atoms with E-state index in [2.05, 4.69) is 20.9 Å². The summed E-state index contributed by atoms with van der Waals surface area (Å²) in [4.78, 5) is 30.8. The van der Waals surface area contributed by atoms with Crippen LogP contribution in [-0.4, -0.2) is 31.9 Å². The summed E-state index contributed by atoms with van der Waals surface area (Å²) in [6, 6.07) is 10.4. The number of aromatic hydroxyl groups is 2. The molecule has 7 heteroatoms. The molecule has 2 aromatic carbocycles. The zero-order valence-electron chi connectivity index (χ0n) is 13.7. The lowest BCUT2D eigenvalue weighted by molar-refractivity contribution is 0.0641. The van der Waals surface area contributed by atoms with Crippen LogP contribution in [-0.2, 0) is 6.54 Å². The number of hydrogen-bond donors (Lipinski definition) is 2. The number of imide groups is 1. The van der Waals surface area contributed by atoms with Crippen LogP contribution in [0.15, 0.2) is 40.9 Å². The van der Waals surface area contributed by atoms with E-state index in [4.69, 9.17) is 0 Å². The molecule has 1 aliphatic heterocycles. The largest absolute Gasteiger partial charge is 0.506 e. The Morgan fingerprint density at radius 3 is 2.23 bits per heavy atom. The molecule has 0 aliphatic carbocycles. The second-order valence-corrected chi connectivity index (χ2v) is 7.03. The van der Waals surface area contributed by atoms with Crippen LogP contribution in [0.5, 0.6) is 11.5 Å². The first-order chi connectivity index (χ1) is 12.4. The lowest BCUT2D eigenvalue weighted by Crippen LogP contribution is -2.29. The molecule has 1 aliphatic rings. The number of pyridine rings is 1. The van der Waals surface area contributed by atoms with Gasteiger partial charge in [-0.05, 0) is 36.8 Å². The van der Waals surface area contributed by atoms with Gasteiger partial charge in [-0.15, -0.1) is 0 Å². The number of nitrogens with zero attached hydrogens (tertiary/aromatic N) is 2. The summed E-state index contributed by atoms with van der Waals surface area (Å²) in [6.07, 6.45) is 0. The highest BCUT2D eigenvalue weighted by molar-refractivity contribution is 9.10. The molecular weight excluding hydrogens is 400 g/mol. The Balaban J connectivity index is 1.85. The van der Waals surface area contributed by atoms with Crippen molar-refractivity contribution in [3.8, 4) is 11.5 Å². The van der Waals surface area contributed by atoms with Gasteiger partial charge in [0, 0.05) is 15.6 Å². The van der Waals surface area contributed by atoms with Crippen LogP contribution in [0.4, 0.5) is 0 Å². The SMILES string of the molecule is Cc1ccc2c(O)c3c(c(O)c2n1)C(=O)N(Cc1ccc(Br)cc1)C3=O. The Hall–Kier alpha value is -2.93. The zero-order valence-corrected chi connectivity index (χ0v) is 15.2. The van der Waals surface area contributed by atoms with E-state index >= 15 is 0 Å². The zero-order chi connectivity index (χ0) is 18.6. The van der Waals surface area contributed by atoms with Gasteiger partial charge in [-0.1, -0.05) is 28.1 Å². The van der Waals surface area contributed by atoms with Gasteiger partial charge in [0.2, 0.25) is 0 Å². The number of phenols is 2. The van der Waals surface area contributed by atoms with Crippen molar-refractivity contribution in [2.75, 3.05) is 0 Å². The smallest absolute Gasteiger partial charge is 0.265 e. The van der Waals surface area contributed by atoms with E-state index in [-0.39, 0.29) is 40.1 Å². The van der Waals surface area contributed by atoms with Gasteiger partial charge >= 0.3 is 0 Å². The fraction of sp³-hybridized carbons (Fsp3) is 0.105. The van der Waals surface area contributed by atoms with Gasteiger partial charge in [0.05, 0.1) is 12.1 Å². The van der Waals surface area contributed by atoms with Crippen molar-refractivity contribution in [3.05, 3.63) is 63.3 Å². The van der Waals surface area contributed by atoms with Crippen LogP contribution in [0.2, 0.25) is 0 Å². The second kappa shape index (κ2) is 5.81. The maximum Gasteiger partial charge on any atom is 0.265 e. The Morgan fingerprint density at radius 1 is 0.962 bits per heavy atom. The van der Waals surface area contributed by atoms with Gasteiger partial charge in [-0.3, -0.25) is 14.5 Å². The van der Waals surface area contributed by atoms with Crippen LogP contribution in [0, 0.1) is 6.92 Å². The van der Waals surface area contributed by atoms with Crippen LogP contribution < -0.4 is 0 Å². The van der Waals surface area contributed by atoms with Crippen molar-refractivity contribution < 1.29 is 19.8 Å². The average Bonchev–Trinajstić information content (AvgIpc) is 2.86. The molecular formula is C19H13BrN2O4. The van der Waals surface area contributed by atoms with Gasteiger partial charge in [0.25, 0.3) is 11.8 Å². The molecule has 0 fully saturated rings. The average molecular weight is 413 g/mol. The Bertz CT molecular complexity index is 1090. The lowest BCUT2D eigenvalue weighted by Gasteiger charge is -2.13. The molecule has 4 rings (SSSR count). The minimum atomic E-state index is -0.647. The van der Waals surface area contributed by atoms with Crippen molar-refractivity contribution >= 4 is 38.6 Å². The van der Waals surface area contributed by atoms with E-state index in [1.807, 2.05) is 12.1 Å². The van der Waals surface area contributed by atoms with Gasteiger partial charge in [0.15, 0.2) is 5.75 Å². The molecule has 0 radical (unpaired) electrons.